The first-order chi connectivity index (χ1) is 7.45. The second kappa shape index (κ2) is 4.91. The largest absolute Gasteiger partial charge is 0.463 e. The van der Waals surface area contributed by atoms with Gasteiger partial charge < -0.3 is 4.42 Å². The molecule has 0 aliphatic carbocycles. The second-order valence-corrected chi connectivity index (χ2v) is 2.92. The van der Waals surface area contributed by atoms with Gasteiger partial charge in [0.05, 0.1) is 18.7 Å². The molecule has 0 saturated carbocycles. The summed E-state index contributed by atoms with van der Waals surface area (Å²) in [5.74, 6) is 0.695. The fourth-order valence-corrected chi connectivity index (χ4v) is 1.09. The highest BCUT2D eigenvalue weighted by Crippen LogP contribution is 1.96. The first-order valence-corrected chi connectivity index (χ1v) is 4.60. The van der Waals surface area contributed by atoms with Gasteiger partial charge in [-0.3, -0.25) is 0 Å². The van der Waals surface area contributed by atoms with Gasteiger partial charge in [0.1, 0.15) is 5.76 Å². The zero-order chi connectivity index (χ0) is 10.3. The molecule has 0 radical (unpaired) electrons. The summed E-state index contributed by atoms with van der Waals surface area (Å²) < 4.78 is 5.06. The Balaban J connectivity index is 1.96. The molecule has 0 N–H and O–H groups in total. The van der Waals surface area contributed by atoms with Crippen LogP contribution in [-0.2, 0) is 0 Å². The normalized spacial score (nSPS) is 11.5. The molecule has 1 aromatic heterocycles. The molecule has 0 unspecified atom stereocenters. The van der Waals surface area contributed by atoms with Gasteiger partial charge in [-0.05, 0) is 17.7 Å². The number of rotatable bonds is 3. The van der Waals surface area contributed by atoms with Crippen LogP contribution in [0.2, 0.25) is 0 Å². The summed E-state index contributed by atoms with van der Waals surface area (Å²) in [5.41, 5.74) is 1.02. The van der Waals surface area contributed by atoms with Crippen molar-refractivity contribution < 1.29 is 4.42 Å². The lowest BCUT2D eigenvalue weighted by atomic mass is 10.2. The first kappa shape index (κ1) is 9.40. The van der Waals surface area contributed by atoms with E-state index in [4.69, 9.17) is 4.42 Å². The van der Waals surface area contributed by atoms with E-state index < -0.39 is 0 Å². The Kier molecular flexibility index (Phi) is 3.07. The fraction of sp³-hybridized carbons (Fsp3) is 0. The van der Waals surface area contributed by atoms with E-state index in [0.29, 0.717) is 5.76 Å². The lowest BCUT2D eigenvalue weighted by Crippen LogP contribution is -1.78. The molecule has 1 aromatic carbocycles. The predicted octanol–water partition coefficient (Wildman–Crippen LogP) is 2.73. The standard InChI is InChI=1S/C12H10N2O/c1-2-5-11(6-3-1)9-13-14-10-12-7-4-8-15-12/h1-10H/b13-9+,14-10+. The molecule has 0 atom stereocenters. The van der Waals surface area contributed by atoms with E-state index in [1.807, 2.05) is 42.5 Å². The number of hydrogen-bond acceptors (Lipinski definition) is 3. The van der Waals surface area contributed by atoms with Crippen LogP contribution in [0.15, 0.2) is 63.3 Å². The molecule has 1 heterocycles. The molecule has 74 valence electrons. The summed E-state index contributed by atoms with van der Waals surface area (Å²) in [7, 11) is 0. The van der Waals surface area contributed by atoms with E-state index in [9.17, 15) is 0 Å². The molecule has 3 nitrogen and oxygen atoms in total. The smallest absolute Gasteiger partial charge is 0.146 e. The molecular formula is C12H10N2O. The van der Waals surface area contributed by atoms with Gasteiger partial charge in [-0.2, -0.15) is 10.2 Å². The van der Waals surface area contributed by atoms with Gasteiger partial charge in [-0.15, -0.1) is 0 Å². The lowest BCUT2D eigenvalue weighted by Gasteiger charge is -1.87. The number of benzene rings is 1. The van der Waals surface area contributed by atoms with Gasteiger partial charge in [-0.25, -0.2) is 0 Å². The maximum absolute atomic E-state index is 5.06. The molecule has 0 spiro atoms. The molecule has 2 rings (SSSR count). The second-order valence-electron chi connectivity index (χ2n) is 2.92. The van der Waals surface area contributed by atoms with Gasteiger partial charge in [0, 0.05) is 0 Å². The lowest BCUT2D eigenvalue weighted by molar-refractivity contribution is 0.560. The van der Waals surface area contributed by atoms with Gasteiger partial charge in [0.15, 0.2) is 0 Å². The molecule has 0 saturated heterocycles. The van der Waals surface area contributed by atoms with Gasteiger partial charge in [0.2, 0.25) is 0 Å². The summed E-state index contributed by atoms with van der Waals surface area (Å²) in [6, 6.07) is 13.4. The van der Waals surface area contributed by atoms with Crippen LogP contribution in [0.3, 0.4) is 0 Å². The van der Waals surface area contributed by atoms with Crippen molar-refractivity contribution >= 4 is 12.4 Å². The van der Waals surface area contributed by atoms with Crippen molar-refractivity contribution in [1.82, 2.24) is 0 Å². The Morgan fingerprint density at radius 2 is 1.67 bits per heavy atom. The molecule has 2 aromatic rings. The van der Waals surface area contributed by atoms with Crippen LogP contribution in [0.5, 0.6) is 0 Å². The average molecular weight is 198 g/mol. The molecule has 0 aliphatic heterocycles. The van der Waals surface area contributed by atoms with Crippen LogP contribution < -0.4 is 0 Å². The minimum atomic E-state index is 0.695. The molecule has 0 fully saturated rings. The molecule has 3 heteroatoms. The predicted molar refractivity (Wildman–Crippen MR) is 60.3 cm³/mol. The van der Waals surface area contributed by atoms with Crippen molar-refractivity contribution in [1.29, 1.82) is 0 Å². The summed E-state index contributed by atoms with van der Waals surface area (Å²) in [5, 5.41) is 7.76. The van der Waals surface area contributed by atoms with E-state index in [1.165, 1.54) is 0 Å². The number of nitrogens with zero attached hydrogens (tertiary/aromatic N) is 2. The van der Waals surface area contributed by atoms with Crippen molar-refractivity contribution in [2.75, 3.05) is 0 Å². The highest BCUT2D eigenvalue weighted by molar-refractivity contribution is 5.81. The Hall–Kier alpha value is -2.16. The Bertz CT molecular complexity index is 444. The van der Waals surface area contributed by atoms with Crippen LogP contribution in [0.1, 0.15) is 11.3 Å². The van der Waals surface area contributed by atoms with E-state index in [-0.39, 0.29) is 0 Å². The Labute approximate surface area is 87.8 Å². The highest BCUT2D eigenvalue weighted by Gasteiger charge is 1.86. The van der Waals surface area contributed by atoms with E-state index in [1.54, 1.807) is 18.7 Å². The highest BCUT2D eigenvalue weighted by atomic mass is 16.3. The van der Waals surface area contributed by atoms with Gasteiger partial charge in [-0.1, -0.05) is 30.3 Å². The molecule has 0 aliphatic rings. The average Bonchev–Trinajstić information content (AvgIpc) is 2.79. The van der Waals surface area contributed by atoms with Gasteiger partial charge in [0.25, 0.3) is 0 Å². The minimum absolute atomic E-state index is 0.695. The SMILES string of the molecule is C(=N\N=C\c1ccco1)/c1ccccc1. The monoisotopic (exact) mass is 198 g/mol. The third kappa shape index (κ3) is 2.91. The van der Waals surface area contributed by atoms with Crippen molar-refractivity contribution in [2.45, 2.75) is 0 Å². The van der Waals surface area contributed by atoms with Crippen LogP contribution in [0.4, 0.5) is 0 Å². The van der Waals surface area contributed by atoms with Crippen LogP contribution in [-0.4, -0.2) is 12.4 Å². The van der Waals surface area contributed by atoms with Gasteiger partial charge >= 0.3 is 0 Å². The maximum atomic E-state index is 5.06. The maximum Gasteiger partial charge on any atom is 0.146 e. The number of hydrogen-bond donors (Lipinski definition) is 0. The quantitative estimate of drug-likeness (QED) is 0.552. The molecular weight excluding hydrogens is 188 g/mol. The molecule has 0 bridgehead atoms. The number of furan rings is 1. The van der Waals surface area contributed by atoms with Crippen molar-refractivity contribution in [3.05, 3.63) is 60.1 Å². The molecule has 0 amide bonds. The third-order valence-corrected chi connectivity index (χ3v) is 1.80. The first-order valence-electron chi connectivity index (χ1n) is 4.60. The summed E-state index contributed by atoms with van der Waals surface area (Å²) in [4.78, 5) is 0. The summed E-state index contributed by atoms with van der Waals surface area (Å²) >= 11 is 0. The van der Waals surface area contributed by atoms with Crippen LogP contribution in [0, 0.1) is 0 Å². The summed E-state index contributed by atoms with van der Waals surface area (Å²) in [6.07, 6.45) is 4.86. The minimum Gasteiger partial charge on any atom is -0.463 e. The van der Waals surface area contributed by atoms with E-state index in [2.05, 4.69) is 10.2 Å². The van der Waals surface area contributed by atoms with Crippen LogP contribution in [0.25, 0.3) is 0 Å². The summed E-state index contributed by atoms with van der Waals surface area (Å²) in [6.45, 7) is 0. The Morgan fingerprint density at radius 1 is 0.867 bits per heavy atom. The molecule has 15 heavy (non-hydrogen) atoms. The fourth-order valence-electron chi connectivity index (χ4n) is 1.09. The topological polar surface area (TPSA) is 37.9 Å². The zero-order valence-corrected chi connectivity index (χ0v) is 8.08. The third-order valence-electron chi connectivity index (χ3n) is 1.80. The zero-order valence-electron chi connectivity index (χ0n) is 8.08. The van der Waals surface area contributed by atoms with Crippen molar-refractivity contribution in [3.63, 3.8) is 0 Å². The van der Waals surface area contributed by atoms with Crippen molar-refractivity contribution in [2.24, 2.45) is 10.2 Å². The van der Waals surface area contributed by atoms with E-state index in [0.717, 1.165) is 5.56 Å². The van der Waals surface area contributed by atoms with Crippen LogP contribution >= 0.6 is 0 Å². The Morgan fingerprint density at radius 3 is 2.40 bits per heavy atom. The van der Waals surface area contributed by atoms with Crippen molar-refractivity contribution in [3.8, 4) is 0 Å². The van der Waals surface area contributed by atoms with E-state index >= 15 is 0 Å².